The summed E-state index contributed by atoms with van der Waals surface area (Å²) in [5.74, 6) is -2.80. The molecule has 190 valence electrons. The molecule has 1 amide bonds. The summed E-state index contributed by atoms with van der Waals surface area (Å²) in [6, 6.07) is 1.79. The van der Waals surface area contributed by atoms with E-state index in [2.05, 4.69) is 4.90 Å². The fraction of sp³-hybridized carbons (Fsp3) is 0.667. The molecule has 0 aromatic heterocycles. The van der Waals surface area contributed by atoms with Crippen LogP contribution in [0.1, 0.15) is 47.5 Å². The molecule has 0 spiro atoms. The van der Waals surface area contributed by atoms with Crippen molar-refractivity contribution in [1.29, 1.82) is 0 Å². The first-order chi connectivity index (χ1) is 15.9. The molecular weight excluding hydrogens is 482 g/mol. The largest absolute Gasteiger partial charge is 0.484 e. The van der Waals surface area contributed by atoms with Crippen molar-refractivity contribution in [1.82, 2.24) is 13.9 Å². The minimum atomic E-state index is -4.60. The summed E-state index contributed by atoms with van der Waals surface area (Å²) in [6.45, 7) is 0.376. The number of carbonyl (C=O) groups is 1. The van der Waals surface area contributed by atoms with Crippen LogP contribution in [-0.4, -0.2) is 81.7 Å². The van der Waals surface area contributed by atoms with Gasteiger partial charge < -0.3 is 14.4 Å². The Morgan fingerprint density at radius 1 is 1.12 bits per heavy atom. The number of nitrogens with zero attached hydrogens (tertiary/aromatic N) is 2. The first-order valence-electron chi connectivity index (χ1n) is 11.1. The zero-order valence-corrected chi connectivity index (χ0v) is 19.4. The van der Waals surface area contributed by atoms with E-state index in [0.717, 1.165) is 23.5 Å². The summed E-state index contributed by atoms with van der Waals surface area (Å²) >= 11 is 0. The molecule has 1 saturated carbocycles. The van der Waals surface area contributed by atoms with E-state index in [-0.39, 0.29) is 42.5 Å². The first-order valence-corrected chi connectivity index (χ1v) is 12.5. The molecule has 2 heterocycles. The minimum absolute atomic E-state index is 0.0661. The van der Waals surface area contributed by atoms with Crippen molar-refractivity contribution < 1.29 is 40.2 Å². The molecule has 34 heavy (non-hydrogen) atoms. The third kappa shape index (κ3) is 6.18. The summed E-state index contributed by atoms with van der Waals surface area (Å²) in [4.78, 5) is 14.7. The van der Waals surface area contributed by atoms with Gasteiger partial charge in [-0.1, -0.05) is 0 Å². The average molecular weight is 510 g/mol. The first kappa shape index (κ1) is 25.1. The number of nitrogens with one attached hydrogen (secondary N) is 1. The highest BCUT2D eigenvalue weighted by Crippen LogP contribution is 2.45. The molecule has 13 heteroatoms. The second kappa shape index (κ2) is 9.59. The van der Waals surface area contributed by atoms with Crippen molar-refractivity contribution in [3.63, 3.8) is 0 Å². The molecule has 1 aromatic carbocycles. The number of piperidine rings is 1. The Morgan fingerprint density at radius 3 is 2.32 bits per heavy atom. The quantitative estimate of drug-likeness (QED) is 0.542. The van der Waals surface area contributed by atoms with Gasteiger partial charge in [-0.15, -0.1) is 0 Å². The predicted octanol–water partition coefficient (Wildman–Crippen LogP) is 2.41. The van der Waals surface area contributed by atoms with Crippen LogP contribution in [0.5, 0.6) is 5.75 Å². The minimum Gasteiger partial charge on any atom is -0.484 e. The Hall–Kier alpha value is -1.96. The molecule has 0 radical (unpaired) electrons. The van der Waals surface area contributed by atoms with Gasteiger partial charge in [0.25, 0.3) is 5.91 Å². The standard InChI is InChI=1S/C21H27F4N3O5S/c1-27-10-15(11-27)33-14-4-6-28(7-5-14)34(30,31)26-20(29)17-8-16(13-2-3-13)19(9-18(17)22)32-12-21(23,24)25/h8-9,13-15H,2-7,10-12H2,1H3,(H,26,29). The SMILES string of the molecule is CN1CC(OC2CCN(S(=O)(=O)NC(=O)c3cc(C4CC4)c(OCC(F)(F)F)cc3F)CC2)C1. The van der Waals surface area contributed by atoms with Crippen molar-refractivity contribution >= 4 is 16.1 Å². The van der Waals surface area contributed by atoms with Crippen molar-refractivity contribution in [2.75, 3.05) is 39.8 Å². The van der Waals surface area contributed by atoms with Crippen LogP contribution < -0.4 is 9.46 Å². The molecule has 1 aliphatic carbocycles. The second-order valence-electron chi connectivity index (χ2n) is 9.06. The fourth-order valence-corrected chi connectivity index (χ4v) is 5.35. The number of likely N-dealkylation sites (N-methyl/N-ethyl adjacent to an activating group) is 1. The van der Waals surface area contributed by atoms with Crippen molar-refractivity contribution in [2.24, 2.45) is 0 Å². The van der Waals surface area contributed by atoms with E-state index in [1.54, 1.807) is 0 Å². The molecule has 4 rings (SSSR count). The third-order valence-corrected chi connectivity index (χ3v) is 7.62. The zero-order valence-electron chi connectivity index (χ0n) is 18.6. The van der Waals surface area contributed by atoms with Crippen LogP contribution in [0.2, 0.25) is 0 Å². The summed E-state index contributed by atoms with van der Waals surface area (Å²) in [7, 11) is -2.25. The molecule has 3 aliphatic rings. The van der Waals surface area contributed by atoms with Crippen LogP contribution in [0.3, 0.4) is 0 Å². The van der Waals surface area contributed by atoms with Crippen molar-refractivity contribution in [2.45, 2.75) is 50.0 Å². The molecule has 1 aromatic rings. The lowest BCUT2D eigenvalue weighted by Gasteiger charge is -2.40. The van der Waals surface area contributed by atoms with Crippen LogP contribution in [0, 0.1) is 5.82 Å². The van der Waals surface area contributed by atoms with E-state index in [4.69, 9.17) is 9.47 Å². The Balaban J connectivity index is 1.39. The van der Waals surface area contributed by atoms with E-state index in [1.807, 2.05) is 11.8 Å². The van der Waals surface area contributed by atoms with E-state index >= 15 is 0 Å². The lowest BCUT2D eigenvalue weighted by atomic mass is 10.0. The second-order valence-corrected chi connectivity index (χ2v) is 10.7. The zero-order chi connectivity index (χ0) is 24.7. The third-order valence-electron chi connectivity index (χ3n) is 6.13. The number of carbonyl (C=O) groups excluding carboxylic acids is 1. The van der Waals surface area contributed by atoms with E-state index < -0.39 is 40.3 Å². The topological polar surface area (TPSA) is 88.2 Å². The van der Waals surface area contributed by atoms with Gasteiger partial charge in [0.15, 0.2) is 6.61 Å². The van der Waals surface area contributed by atoms with Gasteiger partial charge in [-0.25, -0.2) is 9.11 Å². The highest BCUT2D eigenvalue weighted by molar-refractivity contribution is 7.87. The molecule has 0 bridgehead atoms. The highest BCUT2D eigenvalue weighted by Gasteiger charge is 2.35. The molecule has 0 atom stereocenters. The van der Waals surface area contributed by atoms with E-state index in [9.17, 15) is 30.8 Å². The summed E-state index contributed by atoms with van der Waals surface area (Å²) in [5.41, 5.74) is -0.301. The number of likely N-dealkylation sites (tertiary alicyclic amines) is 1. The van der Waals surface area contributed by atoms with Gasteiger partial charge in [-0.2, -0.15) is 25.9 Å². The van der Waals surface area contributed by atoms with Gasteiger partial charge in [0.05, 0.1) is 17.8 Å². The number of rotatable bonds is 8. The Kier molecular flexibility index (Phi) is 7.09. The molecule has 3 fully saturated rings. The maximum absolute atomic E-state index is 14.6. The number of alkyl halides is 3. The lowest BCUT2D eigenvalue weighted by Crippen LogP contribution is -2.53. The smallest absolute Gasteiger partial charge is 0.422 e. The van der Waals surface area contributed by atoms with Gasteiger partial charge in [-0.3, -0.25) is 4.79 Å². The highest BCUT2D eigenvalue weighted by atomic mass is 32.2. The van der Waals surface area contributed by atoms with E-state index in [1.165, 1.54) is 0 Å². The molecular formula is C21H27F4N3O5S. The van der Waals surface area contributed by atoms with Crippen LogP contribution >= 0.6 is 0 Å². The van der Waals surface area contributed by atoms with Gasteiger partial charge in [0.1, 0.15) is 11.6 Å². The molecule has 1 N–H and O–H groups in total. The van der Waals surface area contributed by atoms with Gasteiger partial charge in [0, 0.05) is 32.2 Å². The predicted molar refractivity (Wildman–Crippen MR) is 113 cm³/mol. The average Bonchev–Trinajstić information content (AvgIpc) is 3.56. The lowest BCUT2D eigenvalue weighted by molar-refractivity contribution is -0.153. The summed E-state index contributed by atoms with van der Waals surface area (Å²) < 4.78 is 91.2. The number of benzene rings is 1. The molecule has 2 saturated heterocycles. The normalized spacial score (nSPS) is 21.3. The number of hydrogen-bond acceptors (Lipinski definition) is 6. The molecule has 0 unspecified atom stereocenters. The Labute approximate surface area is 195 Å². The Bertz CT molecular complexity index is 1020. The molecule has 2 aliphatic heterocycles. The van der Waals surface area contributed by atoms with Gasteiger partial charge >= 0.3 is 16.4 Å². The Morgan fingerprint density at radius 2 is 1.76 bits per heavy atom. The van der Waals surface area contributed by atoms with Crippen molar-refractivity contribution in [3.8, 4) is 5.75 Å². The molecule has 8 nitrogen and oxygen atoms in total. The van der Waals surface area contributed by atoms with Gasteiger partial charge in [-0.05, 0) is 50.3 Å². The number of ether oxygens (including phenoxy) is 2. The van der Waals surface area contributed by atoms with E-state index in [0.29, 0.717) is 31.7 Å². The monoisotopic (exact) mass is 509 g/mol. The number of halogens is 4. The fourth-order valence-electron chi connectivity index (χ4n) is 4.19. The summed E-state index contributed by atoms with van der Waals surface area (Å²) in [5, 5.41) is 0. The summed E-state index contributed by atoms with van der Waals surface area (Å²) in [6.07, 6.45) is -2.27. The maximum atomic E-state index is 14.6. The van der Waals surface area contributed by atoms with Crippen molar-refractivity contribution in [3.05, 3.63) is 29.1 Å². The van der Waals surface area contributed by atoms with Crippen LogP contribution in [0.15, 0.2) is 12.1 Å². The number of amides is 1. The van der Waals surface area contributed by atoms with Crippen LogP contribution in [0.4, 0.5) is 17.6 Å². The van der Waals surface area contributed by atoms with Crippen LogP contribution in [-0.2, 0) is 14.9 Å². The van der Waals surface area contributed by atoms with Crippen LogP contribution in [0.25, 0.3) is 0 Å². The maximum Gasteiger partial charge on any atom is 0.422 e. The van der Waals surface area contributed by atoms with Gasteiger partial charge in [0.2, 0.25) is 0 Å². The number of hydrogen-bond donors (Lipinski definition) is 1.